The molecule has 24 heavy (non-hydrogen) atoms. The van der Waals surface area contributed by atoms with Gasteiger partial charge >= 0.3 is 0 Å². The normalized spacial score (nSPS) is 17.8. The second-order valence-corrected chi connectivity index (χ2v) is 6.48. The lowest BCUT2D eigenvalue weighted by Gasteiger charge is -2.35. The predicted molar refractivity (Wildman–Crippen MR) is 102 cm³/mol. The molecule has 1 unspecified atom stereocenters. The van der Waals surface area contributed by atoms with Crippen molar-refractivity contribution in [2.45, 2.75) is 52.0 Å². The third kappa shape index (κ3) is 3.86. The zero-order valence-corrected chi connectivity index (χ0v) is 14.8. The third-order valence-corrected chi connectivity index (χ3v) is 4.70. The van der Waals surface area contributed by atoms with E-state index in [0.717, 1.165) is 49.0 Å². The van der Waals surface area contributed by atoms with Gasteiger partial charge in [-0.3, -0.25) is 0 Å². The Morgan fingerprint density at radius 2 is 1.96 bits per heavy atom. The van der Waals surface area contributed by atoms with Crippen molar-refractivity contribution in [2.24, 2.45) is 0 Å². The summed E-state index contributed by atoms with van der Waals surface area (Å²) in [6, 6.07) is 13.0. The fourth-order valence-electron chi connectivity index (χ4n) is 3.35. The molecule has 0 bridgehead atoms. The molecule has 1 aliphatic heterocycles. The Bertz CT molecular complexity index is 641. The first kappa shape index (κ1) is 16.7. The summed E-state index contributed by atoms with van der Waals surface area (Å²) in [7, 11) is 0. The van der Waals surface area contributed by atoms with E-state index in [1.807, 2.05) is 6.07 Å². The topological polar surface area (TPSA) is 41.1 Å². The highest BCUT2D eigenvalue weighted by Crippen LogP contribution is 2.28. The van der Waals surface area contributed by atoms with Crippen LogP contribution in [0.5, 0.6) is 0 Å². The fraction of sp³-hybridized carbons (Fsp3) is 0.500. The quantitative estimate of drug-likeness (QED) is 0.833. The average Bonchev–Trinajstić information content (AvgIpc) is 2.66. The van der Waals surface area contributed by atoms with Crippen LogP contribution >= 0.6 is 0 Å². The molecule has 2 heterocycles. The van der Waals surface area contributed by atoms with Crippen molar-refractivity contribution in [3.8, 4) is 11.3 Å². The molecule has 2 aromatic rings. The Morgan fingerprint density at radius 1 is 1.12 bits per heavy atom. The first-order valence-electron chi connectivity index (χ1n) is 9.26. The number of hydrogen-bond donors (Lipinski definition) is 1. The standard InChI is InChI=1S/C20H28N4/c1-3-13-21-19-15-18(16-10-6-5-7-11-16)22-20(23-19)24-14-9-8-12-17(24)4-2/h5-7,10-11,15,17H,3-4,8-9,12-14H2,1-2H3,(H,21,22,23). The van der Waals surface area contributed by atoms with Crippen molar-refractivity contribution in [1.29, 1.82) is 0 Å². The molecule has 4 heteroatoms. The zero-order valence-electron chi connectivity index (χ0n) is 14.8. The number of aromatic nitrogens is 2. The Labute approximate surface area is 145 Å². The van der Waals surface area contributed by atoms with E-state index in [2.05, 4.69) is 54.4 Å². The van der Waals surface area contributed by atoms with Gasteiger partial charge in [0, 0.05) is 30.8 Å². The Hall–Kier alpha value is -2.10. The van der Waals surface area contributed by atoms with Crippen molar-refractivity contribution in [2.75, 3.05) is 23.3 Å². The van der Waals surface area contributed by atoms with E-state index in [4.69, 9.17) is 9.97 Å². The largest absolute Gasteiger partial charge is 0.370 e. The van der Waals surface area contributed by atoms with Crippen LogP contribution in [0, 0.1) is 0 Å². The van der Waals surface area contributed by atoms with E-state index in [1.165, 1.54) is 19.3 Å². The lowest BCUT2D eigenvalue weighted by Crippen LogP contribution is -2.40. The second kappa shape index (κ2) is 8.13. The summed E-state index contributed by atoms with van der Waals surface area (Å²) in [6.45, 7) is 6.43. The number of anilines is 2. The minimum atomic E-state index is 0.559. The number of benzene rings is 1. The van der Waals surface area contributed by atoms with Gasteiger partial charge in [-0.05, 0) is 32.1 Å². The van der Waals surface area contributed by atoms with E-state index >= 15 is 0 Å². The highest BCUT2D eigenvalue weighted by atomic mass is 15.3. The van der Waals surface area contributed by atoms with E-state index < -0.39 is 0 Å². The van der Waals surface area contributed by atoms with Gasteiger partial charge in [-0.15, -0.1) is 0 Å². The molecule has 1 aromatic heterocycles. The molecule has 3 rings (SSSR count). The summed E-state index contributed by atoms with van der Waals surface area (Å²) in [4.78, 5) is 12.1. The van der Waals surface area contributed by atoms with E-state index in [-0.39, 0.29) is 0 Å². The molecular weight excluding hydrogens is 296 g/mol. The van der Waals surface area contributed by atoms with Gasteiger partial charge in [0.05, 0.1) is 5.69 Å². The van der Waals surface area contributed by atoms with Gasteiger partial charge in [0.2, 0.25) is 5.95 Å². The summed E-state index contributed by atoms with van der Waals surface area (Å²) < 4.78 is 0. The molecule has 1 atom stereocenters. The van der Waals surface area contributed by atoms with Gasteiger partial charge in [0.15, 0.2) is 0 Å². The first-order valence-corrected chi connectivity index (χ1v) is 9.26. The van der Waals surface area contributed by atoms with Crippen LogP contribution in [-0.4, -0.2) is 29.1 Å². The summed E-state index contributed by atoms with van der Waals surface area (Å²) >= 11 is 0. The van der Waals surface area contributed by atoms with Crippen molar-refractivity contribution >= 4 is 11.8 Å². The van der Waals surface area contributed by atoms with Gasteiger partial charge < -0.3 is 10.2 Å². The van der Waals surface area contributed by atoms with Crippen LogP contribution in [0.25, 0.3) is 11.3 Å². The number of nitrogens with one attached hydrogen (secondary N) is 1. The van der Waals surface area contributed by atoms with Crippen molar-refractivity contribution in [3.05, 3.63) is 36.4 Å². The van der Waals surface area contributed by atoms with E-state index in [1.54, 1.807) is 0 Å². The summed E-state index contributed by atoms with van der Waals surface area (Å²) in [5.41, 5.74) is 2.14. The molecule has 0 amide bonds. The summed E-state index contributed by atoms with van der Waals surface area (Å²) in [5, 5.41) is 3.44. The lowest BCUT2D eigenvalue weighted by molar-refractivity contribution is 0.443. The maximum atomic E-state index is 4.91. The van der Waals surface area contributed by atoms with Crippen molar-refractivity contribution in [1.82, 2.24) is 9.97 Å². The van der Waals surface area contributed by atoms with Gasteiger partial charge in [-0.25, -0.2) is 4.98 Å². The van der Waals surface area contributed by atoms with E-state index in [0.29, 0.717) is 6.04 Å². The van der Waals surface area contributed by atoms with Gasteiger partial charge in [-0.2, -0.15) is 4.98 Å². The second-order valence-electron chi connectivity index (χ2n) is 6.48. The molecule has 1 aromatic carbocycles. The van der Waals surface area contributed by atoms with Crippen molar-refractivity contribution in [3.63, 3.8) is 0 Å². The molecule has 1 N–H and O–H groups in total. The fourth-order valence-corrected chi connectivity index (χ4v) is 3.35. The molecule has 0 saturated carbocycles. The predicted octanol–water partition coefficient (Wildman–Crippen LogP) is 4.73. The number of nitrogens with zero attached hydrogens (tertiary/aromatic N) is 3. The highest BCUT2D eigenvalue weighted by molar-refractivity contribution is 5.64. The average molecular weight is 324 g/mol. The zero-order chi connectivity index (χ0) is 16.8. The molecular formula is C20H28N4. The smallest absolute Gasteiger partial charge is 0.228 e. The highest BCUT2D eigenvalue weighted by Gasteiger charge is 2.24. The molecule has 0 radical (unpaired) electrons. The van der Waals surface area contributed by atoms with Crippen LogP contribution in [0.3, 0.4) is 0 Å². The molecule has 1 saturated heterocycles. The Balaban J connectivity index is 1.97. The summed E-state index contributed by atoms with van der Waals surface area (Å²) in [6.07, 6.45) is 6.02. The van der Waals surface area contributed by atoms with Crippen LogP contribution < -0.4 is 10.2 Å². The Kier molecular flexibility index (Phi) is 5.68. The molecule has 1 aliphatic rings. The lowest BCUT2D eigenvalue weighted by atomic mass is 10.0. The molecule has 0 spiro atoms. The number of piperidine rings is 1. The van der Waals surface area contributed by atoms with Gasteiger partial charge in [0.25, 0.3) is 0 Å². The minimum absolute atomic E-state index is 0.559. The Morgan fingerprint density at radius 3 is 2.71 bits per heavy atom. The van der Waals surface area contributed by atoms with E-state index in [9.17, 15) is 0 Å². The molecule has 128 valence electrons. The van der Waals surface area contributed by atoms with Crippen LogP contribution in [0.1, 0.15) is 46.0 Å². The molecule has 0 aliphatic carbocycles. The van der Waals surface area contributed by atoms with Gasteiger partial charge in [-0.1, -0.05) is 44.2 Å². The maximum Gasteiger partial charge on any atom is 0.228 e. The third-order valence-electron chi connectivity index (χ3n) is 4.70. The number of hydrogen-bond acceptors (Lipinski definition) is 4. The van der Waals surface area contributed by atoms with Crippen LogP contribution in [-0.2, 0) is 0 Å². The molecule has 4 nitrogen and oxygen atoms in total. The first-order chi connectivity index (χ1) is 11.8. The molecule has 1 fully saturated rings. The van der Waals surface area contributed by atoms with Crippen LogP contribution in [0.4, 0.5) is 11.8 Å². The number of rotatable bonds is 6. The van der Waals surface area contributed by atoms with Gasteiger partial charge in [0.1, 0.15) is 5.82 Å². The van der Waals surface area contributed by atoms with Crippen LogP contribution in [0.15, 0.2) is 36.4 Å². The monoisotopic (exact) mass is 324 g/mol. The minimum Gasteiger partial charge on any atom is -0.370 e. The van der Waals surface area contributed by atoms with Crippen molar-refractivity contribution < 1.29 is 0 Å². The SMILES string of the molecule is CCCNc1cc(-c2ccccc2)nc(N2CCCCC2CC)n1. The summed E-state index contributed by atoms with van der Waals surface area (Å²) in [5.74, 6) is 1.81. The van der Waals surface area contributed by atoms with Crippen LogP contribution in [0.2, 0.25) is 0 Å². The maximum absolute atomic E-state index is 4.91.